The lowest BCUT2D eigenvalue weighted by Crippen LogP contribution is -2.42. The van der Waals surface area contributed by atoms with Crippen molar-refractivity contribution >= 4 is 5.96 Å². The lowest BCUT2D eigenvalue weighted by molar-refractivity contribution is 0.471. The lowest BCUT2D eigenvalue weighted by atomic mass is 10.0. The van der Waals surface area contributed by atoms with E-state index in [1.165, 1.54) is 32.1 Å². The largest absolute Gasteiger partial charge is 0.355 e. The zero-order chi connectivity index (χ0) is 11.9. The molecule has 0 aromatic rings. The van der Waals surface area contributed by atoms with E-state index in [0.29, 0.717) is 5.41 Å². The van der Waals surface area contributed by atoms with Crippen molar-refractivity contribution < 1.29 is 0 Å². The van der Waals surface area contributed by atoms with E-state index in [0.717, 1.165) is 25.5 Å². The normalized spacial score (nSPS) is 18.3. The Kier molecular flexibility index (Phi) is 5.60. The minimum absolute atomic E-state index is 0.503. The molecule has 0 saturated heterocycles. The van der Waals surface area contributed by atoms with Crippen LogP contribution in [0, 0.1) is 5.41 Å². The molecule has 4 N–H and O–H groups in total. The Morgan fingerprint density at radius 3 is 2.56 bits per heavy atom. The van der Waals surface area contributed by atoms with Gasteiger partial charge in [-0.3, -0.25) is 10.4 Å². The fraction of sp³-hybridized carbons (Fsp3) is 0.917. The number of rotatable bonds is 7. The number of nitrogens with one attached hydrogen (secondary N) is 2. The van der Waals surface area contributed by atoms with Crippen LogP contribution in [0.3, 0.4) is 0 Å². The average molecular weight is 226 g/mol. The van der Waals surface area contributed by atoms with E-state index in [9.17, 15) is 0 Å². The molecule has 0 amide bonds. The second-order valence-electron chi connectivity index (χ2n) is 4.84. The summed E-state index contributed by atoms with van der Waals surface area (Å²) in [5.41, 5.74) is 3.15. The smallest absolute Gasteiger partial charge is 0.205 e. The van der Waals surface area contributed by atoms with Gasteiger partial charge >= 0.3 is 0 Å². The molecule has 0 aromatic carbocycles. The highest BCUT2D eigenvalue weighted by Crippen LogP contribution is 2.49. The SMILES string of the molecule is CCCCNC(=NCC1(CCC)CC1)NN. The van der Waals surface area contributed by atoms with Crippen molar-refractivity contribution in [3.63, 3.8) is 0 Å². The van der Waals surface area contributed by atoms with Gasteiger partial charge in [0.05, 0.1) is 0 Å². The van der Waals surface area contributed by atoms with Crippen molar-refractivity contribution in [2.75, 3.05) is 13.1 Å². The van der Waals surface area contributed by atoms with Crippen LogP contribution in [0.2, 0.25) is 0 Å². The van der Waals surface area contributed by atoms with E-state index in [2.05, 4.69) is 29.6 Å². The average Bonchev–Trinajstić information content (AvgIpc) is 3.04. The maximum atomic E-state index is 5.44. The van der Waals surface area contributed by atoms with Gasteiger partial charge in [0.2, 0.25) is 5.96 Å². The molecule has 16 heavy (non-hydrogen) atoms. The molecule has 1 rings (SSSR count). The van der Waals surface area contributed by atoms with Gasteiger partial charge in [0.15, 0.2) is 0 Å². The summed E-state index contributed by atoms with van der Waals surface area (Å²) in [5, 5.41) is 3.23. The molecule has 0 spiro atoms. The first-order valence-electron chi connectivity index (χ1n) is 6.51. The Labute approximate surface area is 99.1 Å². The van der Waals surface area contributed by atoms with Gasteiger partial charge in [-0.25, -0.2) is 5.84 Å². The van der Waals surface area contributed by atoms with Crippen LogP contribution in [0.15, 0.2) is 4.99 Å². The van der Waals surface area contributed by atoms with Crippen molar-refractivity contribution in [3.8, 4) is 0 Å². The second kappa shape index (κ2) is 6.74. The van der Waals surface area contributed by atoms with Crippen LogP contribution in [-0.2, 0) is 0 Å². The van der Waals surface area contributed by atoms with Crippen LogP contribution in [-0.4, -0.2) is 19.0 Å². The number of unbranched alkanes of at least 4 members (excludes halogenated alkanes) is 1. The van der Waals surface area contributed by atoms with Crippen LogP contribution < -0.4 is 16.6 Å². The minimum Gasteiger partial charge on any atom is -0.355 e. The van der Waals surface area contributed by atoms with Gasteiger partial charge in [0.25, 0.3) is 0 Å². The van der Waals surface area contributed by atoms with Crippen LogP contribution in [0.1, 0.15) is 52.4 Å². The highest BCUT2D eigenvalue weighted by Gasteiger charge is 2.41. The predicted octanol–water partition coefficient (Wildman–Crippen LogP) is 1.78. The number of nitrogens with two attached hydrogens (primary N) is 1. The minimum atomic E-state index is 0.503. The number of aliphatic imine (C=N–C) groups is 1. The standard InChI is InChI=1S/C12H26N4/c1-3-5-9-14-11(16-13)15-10-12(6-4-2)7-8-12/h3-10,13H2,1-2H3,(H2,14,15,16). The molecule has 1 saturated carbocycles. The number of hydrazine groups is 1. The summed E-state index contributed by atoms with van der Waals surface area (Å²) in [5.74, 6) is 6.18. The van der Waals surface area contributed by atoms with Crippen molar-refractivity contribution in [3.05, 3.63) is 0 Å². The molecule has 1 aliphatic rings. The molecule has 0 unspecified atom stereocenters. The summed E-state index contributed by atoms with van der Waals surface area (Å²) in [6.07, 6.45) is 7.55. The molecule has 0 aromatic heterocycles. The van der Waals surface area contributed by atoms with Gasteiger partial charge in [-0.15, -0.1) is 0 Å². The monoisotopic (exact) mass is 226 g/mol. The summed E-state index contributed by atoms with van der Waals surface area (Å²) in [6, 6.07) is 0. The Morgan fingerprint density at radius 2 is 2.06 bits per heavy atom. The van der Waals surface area contributed by atoms with Gasteiger partial charge < -0.3 is 5.32 Å². The lowest BCUT2D eigenvalue weighted by Gasteiger charge is -2.13. The number of guanidine groups is 1. The Morgan fingerprint density at radius 1 is 1.31 bits per heavy atom. The maximum absolute atomic E-state index is 5.44. The highest BCUT2D eigenvalue weighted by molar-refractivity contribution is 5.79. The van der Waals surface area contributed by atoms with E-state index >= 15 is 0 Å². The molecule has 94 valence electrons. The van der Waals surface area contributed by atoms with Crippen LogP contribution >= 0.6 is 0 Å². The molecule has 0 heterocycles. The van der Waals surface area contributed by atoms with Crippen LogP contribution in [0.4, 0.5) is 0 Å². The fourth-order valence-corrected chi connectivity index (χ4v) is 1.98. The van der Waals surface area contributed by atoms with Crippen molar-refractivity contribution in [1.82, 2.24) is 10.7 Å². The van der Waals surface area contributed by atoms with Crippen molar-refractivity contribution in [2.24, 2.45) is 16.3 Å². The van der Waals surface area contributed by atoms with Crippen LogP contribution in [0.5, 0.6) is 0 Å². The third-order valence-corrected chi connectivity index (χ3v) is 3.27. The zero-order valence-electron chi connectivity index (χ0n) is 10.7. The zero-order valence-corrected chi connectivity index (χ0v) is 10.7. The first kappa shape index (κ1) is 13.3. The topological polar surface area (TPSA) is 62.4 Å². The molecule has 0 radical (unpaired) electrons. The van der Waals surface area contributed by atoms with E-state index in [-0.39, 0.29) is 0 Å². The summed E-state index contributed by atoms with van der Waals surface area (Å²) in [4.78, 5) is 4.54. The van der Waals surface area contributed by atoms with Gasteiger partial charge in [0, 0.05) is 13.1 Å². The second-order valence-corrected chi connectivity index (χ2v) is 4.84. The summed E-state index contributed by atoms with van der Waals surface area (Å²) < 4.78 is 0. The fourth-order valence-electron chi connectivity index (χ4n) is 1.98. The van der Waals surface area contributed by atoms with Gasteiger partial charge in [-0.05, 0) is 31.1 Å². The van der Waals surface area contributed by atoms with Crippen molar-refractivity contribution in [1.29, 1.82) is 0 Å². The first-order chi connectivity index (χ1) is 7.76. The third kappa shape index (κ3) is 4.39. The van der Waals surface area contributed by atoms with Crippen molar-refractivity contribution in [2.45, 2.75) is 52.4 Å². The quantitative estimate of drug-likeness (QED) is 0.204. The number of nitrogens with zero attached hydrogens (tertiary/aromatic N) is 1. The maximum Gasteiger partial charge on any atom is 0.205 e. The van der Waals surface area contributed by atoms with Gasteiger partial charge in [0.1, 0.15) is 0 Å². The summed E-state index contributed by atoms with van der Waals surface area (Å²) in [6.45, 7) is 6.28. The Bertz CT molecular complexity index is 221. The predicted molar refractivity (Wildman–Crippen MR) is 69.1 cm³/mol. The third-order valence-electron chi connectivity index (χ3n) is 3.27. The number of hydrogen-bond donors (Lipinski definition) is 3. The molecule has 0 atom stereocenters. The summed E-state index contributed by atoms with van der Waals surface area (Å²) >= 11 is 0. The molecular weight excluding hydrogens is 200 g/mol. The molecule has 0 bridgehead atoms. The molecule has 0 aliphatic heterocycles. The Hall–Kier alpha value is -0.770. The first-order valence-corrected chi connectivity index (χ1v) is 6.51. The van der Waals surface area contributed by atoms with E-state index in [1.807, 2.05) is 0 Å². The molecule has 1 fully saturated rings. The van der Waals surface area contributed by atoms with E-state index < -0.39 is 0 Å². The Balaban J connectivity index is 2.29. The van der Waals surface area contributed by atoms with Crippen LogP contribution in [0.25, 0.3) is 0 Å². The highest BCUT2D eigenvalue weighted by atomic mass is 15.3. The van der Waals surface area contributed by atoms with Gasteiger partial charge in [-0.1, -0.05) is 26.7 Å². The van der Waals surface area contributed by atoms with E-state index in [4.69, 9.17) is 5.84 Å². The number of hydrogen-bond acceptors (Lipinski definition) is 2. The molecule has 4 nitrogen and oxygen atoms in total. The molecule has 4 heteroatoms. The van der Waals surface area contributed by atoms with E-state index in [1.54, 1.807) is 0 Å². The van der Waals surface area contributed by atoms with Gasteiger partial charge in [-0.2, -0.15) is 0 Å². The molecule has 1 aliphatic carbocycles. The summed E-state index contributed by atoms with van der Waals surface area (Å²) in [7, 11) is 0. The molecular formula is C12H26N4.